The molecular weight excluding hydrogens is 232 g/mol. The average Bonchev–Trinajstić information content (AvgIpc) is 2.68. The zero-order valence-corrected chi connectivity index (χ0v) is 11.0. The Labute approximate surface area is 112 Å². The van der Waals surface area contributed by atoms with Crippen molar-refractivity contribution in [3.63, 3.8) is 0 Å². The van der Waals surface area contributed by atoms with Crippen molar-refractivity contribution in [2.45, 2.75) is 19.3 Å². The van der Waals surface area contributed by atoms with Crippen LogP contribution in [0.1, 0.15) is 25.1 Å². The number of benzene rings is 2. The first-order valence-corrected chi connectivity index (χ1v) is 6.53. The van der Waals surface area contributed by atoms with Gasteiger partial charge in [-0.05, 0) is 16.3 Å². The molecule has 0 unspecified atom stereocenters. The second-order valence-electron chi connectivity index (χ2n) is 5.59. The van der Waals surface area contributed by atoms with Gasteiger partial charge >= 0.3 is 0 Å². The molecule has 0 radical (unpaired) electrons. The highest BCUT2D eigenvalue weighted by Crippen LogP contribution is 2.48. The van der Waals surface area contributed by atoms with E-state index in [1.54, 1.807) is 12.4 Å². The Morgan fingerprint density at radius 2 is 1.68 bits per heavy atom. The van der Waals surface area contributed by atoms with Gasteiger partial charge in [0, 0.05) is 23.4 Å². The van der Waals surface area contributed by atoms with Gasteiger partial charge in [0.05, 0.1) is 11.4 Å². The lowest BCUT2D eigenvalue weighted by molar-refractivity contribution is 0.635. The Bertz CT molecular complexity index is 803. The van der Waals surface area contributed by atoms with Crippen LogP contribution in [0.25, 0.3) is 22.0 Å². The maximum absolute atomic E-state index is 4.58. The van der Waals surface area contributed by atoms with E-state index in [0.29, 0.717) is 0 Å². The molecule has 1 heterocycles. The average molecular weight is 246 g/mol. The van der Waals surface area contributed by atoms with Crippen LogP contribution in [-0.4, -0.2) is 9.97 Å². The summed E-state index contributed by atoms with van der Waals surface area (Å²) in [5.41, 5.74) is 4.64. The van der Waals surface area contributed by atoms with Crippen LogP contribution in [0.5, 0.6) is 0 Å². The molecule has 2 aromatic carbocycles. The Morgan fingerprint density at radius 3 is 2.58 bits per heavy atom. The normalized spacial score (nSPS) is 15.3. The predicted octanol–water partition coefficient (Wildman–Crippen LogP) is 3.94. The van der Waals surface area contributed by atoms with E-state index in [0.717, 1.165) is 11.4 Å². The lowest BCUT2D eigenvalue weighted by atomic mass is 9.84. The fourth-order valence-corrected chi connectivity index (χ4v) is 3.15. The highest BCUT2D eigenvalue weighted by Gasteiger charge is 2.38. The Balaban J connectivity index is 2.22. The molecule has 1 aliphatic carbocycles. The molecule has 19 heavy (non-hydrogen) atoms. The molecule has 2 nitrogen and oxygen atoms in total. The van der Waals surface area contributed by atoms with Gasteiger partial charge in [-0.25, -0.2) is 0 Å². The highest BCUT2D eigenvalue weighted by molar-refractivity contribution is 6.00. The Morgan fingerprint density at radius 1 is 0.895 bits per heavy atom. The minimum atomic E-state index is -0.0665. The number of hydrogen-bond acceptors (Lipinski definition) is 2. The number of nitrogens with zero attached hydrogens (tertiary/aromatic N) is 2. The van der Waals surface area contributed by atoms with Crippen molar-refractivity contribution in [3.05, 3.63) is 60.0 Å². The van der Waals surface area contributed by atoms with Crippen LogP contribution in [0.4, 0.5) is 0 Å². The van der Waals surface area contributed by atoms with Crippen molar-refractivity contribution < 1.29 is 0 Å². The van der Waals surface area contributed by atoms with Crippen LogP contribution in [0.15, 0.2) is 48.8 Å². The summed E-state index contributed by atoms with van der Waals surface area (Å²) in [6.07, 6.45) is 3.57. The number of rotatable bonds is 0. The SMILES string of the molecule is CC1(C)c2ccc3ccccc3c2-c2nccnc21. The summed E-state index contributed by atoms with van der Waals surface area (Å²) in [4.78, 5) is 9.15. The number of hydrogen-bond donors (Lipinski definition) is 0. The van der Waals surface area contributed by atoms with Crippen molar-refractivity contribution in [1.82, 2.24) is 9.97 Å². The van der Waals surface area contributed by atoms with Crippen molar-refractivity contribution in [1.29, 1.82) is 0 Å². The van der Waals surface area contributed by atoms with E-state index in [1.807, 2.05) is 0 Å². The minimum absolute atomic E-state index is 0.0665. The molecule has 2 heteroatoms. The first-order valence-electron chi connectivity index (χ1n) is 6.53. The van der Waals surface area contributed by atoms with Crippen LogP contribution >= 0.6 is 0 Å². The monoisotopic (exact) mass is 246 g/mol. The fourth-order valence-electron chi connectivity index (χ4n) is 3.15. The molecule has 0 saturated heterocycles. The molecule has 0 bridgehead atoms. The van der Waals surface area contributed by atoms with Crippen molar-refractivity contribution in [2.75, 3.05) is 0 Å². The van der Waals surface area contributed by atoms with E-state index in [9.17, 15) is 0 Å². The molecule has 0 saturated carbocycles. The number of aromatic nitrogens is 2. The minimum Gasteiger partial charge on any atom is -0.256 e. The van der Waals surface area contributed by atoms with E-state index in [2.05, 4.69) is 60.2 Å². The summed E-state index contributed by atoms with van der Waals surface area (Å²) in [7, 11) is 0. The van der Waals surface area contributed by atoms with Gasteiger partial charge in [-0.1, -0.05) is 50.2 Å². The van der Waals surface area contributed by atoms with Gasteiger partial charge in [0.25, 0.3) is 0 Å². The lowest BCUT2D eigenvalue weighted by Crippen LogP contribution is -2.16. The molecule has 3 aromatic rings. The van der Waals surface area contributed by atoms with E-state index >= 15 is 0 Å². The quantitative estimate of drug-likeness (QED) is 0.600. The first-order chi connectivity index (χ1) is 9.19. The summed E-state index contributed by atoms with van der Waals surface area (Å²) in [6, 6.07) is 12.9. The lowest BCUT2D eigenvalue weighted by Gasteiger charge is -2.19. The van der Waals surface area contributed by atoms with E-state index in [1.165, 1.54) is 21.9 Å². The summed E-state index contributed by atoms with van der Waals surface area (Å²) in [5, 5.41) is 2.53. The van der Waals surface area contributed by atoms with Gasteiger partial charge < -0.3 is 0 Å². The third kappa shape index (κ3) is 1.26. The molecule has 1 aromatic heterocycles. The van der Waals surface area contributed by atoms with E-state index in [4.69, 9.17) is 0 Å². The molecule has 0 atom stereocenters. The summed E-state index contributed by atoms with van der Waals surface area (Å²) in [6.45, 7) is 4.45. The third-order valence-corrected chi connectivity index (χ3v) is 4.13. The molecule has 0 fully saturated rings. The van der Waals surface area contributed by atoms with Gasteiger partial charge in [-0.15, -0.1) is 0 Å². The van der Waals surface area contributed by atoms with Gasteiger partial charge in [0.15, 0.2) is 0 Å². The summed E-state index contributed by atoms with van der Waals surface area (Å²) >= 11 is 0. The zero-order valence-electron chi connectivity index (χ0n) is 11.0. The molecule has 0 spiro atoms. The Kier molecular flexibility index (Phi) is 1.92. The Hall–Kier alpha value is -2.22. The zero-order chi connectivity index (χ0) is 13.0. The van der Waals surface area contributed by atoms with Crippen LogP contribution in [0, 0.1) is 0 Å². The second kappa shape index (κ2) is 3.41. The molecule has 4 rings (SSSR count). The van der Waals surface area contributed by atoms with Gasteiger partial charge in [0.2, 0.25) is 0 Å². The van der Waals surface area contributed by atoms with Crippen LogP contribution in [0.2, 0.25) is 0 Å². The van der Waals surface area contributed by atoms with Gasteiger partial charge in [-0.2, -0.15) is 0 Å². The van der Waals surface area contributed by atoms with E-state index in [-0.39, 0.29) is 5.41 Å². The topological polar surface area (TPSA) is 25.8 Å². The molecule has 0 aliphatic heterocycles. The largest absolute Gasteiger partial charge is 0.256 e. The third-order valence-electron chi connectivity index (χ3n) is 4.13. The fraction of sp³-hybridized carbons (Fsp3) is 0.176. The van der Waals surface area contributed by atoms with Gasteiger partial charge in [-0.3, -0.25) is 9.97 Å². The molecule has 0 N–H and O–H groups in total. The molecule has 92 valence electrons. The standard InChI is InChI=1S/C17H14N2/c1-17(2)13-8-7-11-5-3-4-6-12(11)14(13)15-16(17)19-10-9-18-15/h3-10H,1-2H3. The van der Waals surface area contributed by atoms with Crippen LogP contribution < -0.4 is 0 Å². The van der Waals surface area contributed by atoms with Crippen molar-refractivity contribution >= 4 is 10.8 Å². The maximum atomic E-state index is 4.58. The summed E-state index contributed by atoms with van der Waals surface area (Å²) in [5.74, 6) is 0. The van der Waals surface area contributed by atoms with Gasteiger partial charge in [0.1, 0.15) is 0 Å². The smallest absolute Gasteiger partial charge is 0.0935 e. The van der Waals surface area contributed by atoms with Crippen molar-refractivity contribution in [2.24, 2.45) is 0 Å². The molecular formula is C17H14N2. The van der Waals surface area contributed by atoms with Crippen LogP contribution in [0.3, 0.4) is 0 Å². The second-order valence-corrected chi connectivity index (χ2v) is 5.59. The maximum Gasteiger partial charge on any atom is 0.0935 e. The first kappa shape index (κ1) is 10.7. The van der Waals surface area contributed by atoms with Crippen molar-refractivity contribution in [3.8, 4) is 11.3 Å². The molecule has 0 amide bonds. The highest BCUT2D eigenvalue weighted by atomic mass is 14.8. The molecule has 1 aliphatic rings. The predicted molar refractivity (Wildman–Crippen MR) is 77.1 cm³/mol. The van der Waals surface area contributed by atoms with E-state index < -0.39 is 0 Å². The van der Waals surface area contributed by atoms with Crippen LogP contribution in [-0.2, 0) is 5.41 Å². The number of fused-ring (bicyclic) bond motifs is 5. The summed E-state index contributed by atoms with van der Waals surface area (Å²) < 4.78 is 0.